The molecule has 3 rings (SSSR count). The summed E-state index contributed by atoms with van der Waals surface area (Å²) in [5.41, 5.74) is -3.13. The number of alkyl halides is 49. The van der Waals surface area contributed by atoms with Gasteiger partial charge in [0.15, 0.2) is 6.61 Å². The van der Waals surface area contributed by atoms with Gasteiger partial charge in [0, 0.05) is 6.42 Å². The molecule has 0 aliphatic heterocycles. The molecule has 726 valence electrons. The highest BCUT2D eigenvalue weighted by atomic mass is 19.5. The minimum Gasteiger partial charge on any atom is -0.507 e. The Labute approximate surface area is 668 Å². The van der Waals surface area contributed by atoms with Gasteiger partial charge in [-0.3, -0.25) is 4.79 Å². The number of aromatic hydroxyl groups is 3. The van der Waals surface area contributed by atoms with Crippen molar-refractivity contribution in [2.45, 2.75) is 282 Å². The van der Waals surface area contributed by atoms with Crippen molar-refractivity contribution in [3.63, 3.8) is 0 Å². The summed E-state index contributed by atoms with van der Waals surface area (Å²) in [5.74, 6) is -175. The van der Waals surface area contributed by atoms with Gasteiger partial charge in [0.1, 0.15) is 30.5 Å². The van der Waals surface area contributed by atoms with Crippen LogP contribution >= 0.6 is 0 Å². The summed E-state index contributed by atoms with van der Waals surface area (Å²) in [5, 5.41) is 30.8. The molecule has 58 heteroatoms. The fraction of sp³-hybridized carbons (Fsp3) is 0.687. The normalized spacial score (nSPS) is 15.2. The van der Waals surface area contributed by atoms with Crippen LogP contribution in [0.5, 0.6) is 17.2 Å². The van der Waals surface area contributed by atoms with Crippen molar-refractivity contribution < 1.29 is 259 Å². The predicted octanol–water partition coefficient (Wildman–Crippen LogP) is 24.9. The standard InChI is InChI=1S/C27H27F19O3.C23H23F15O3.C17H11F15O3/c1-17(2,3)13-9-12(10-14(16(13)48)18(4,5)6)7-8-15(47)49-11-19(28,29)20(30,31)21(32,33)22(34,35)23(36,37)24(38,39)25(40,41)26(42,43)27(44,45)46;1-15(2,3)11-7-10(8-12(13(11)39)16(4,5)6)9-41-14(40)17(24,25)18(26,27)19(28,29)20(30,31)21(32,33)22(34,35)23(36,37)38;1-6-3-8(4-7(2)9(6)33)5-35-10(34)11(18,19)12(20,21)13(22,23)14(24,25)15(26,27)16(28,29)17(30,31)32/h9-10,48H,7-8,11H2,1-6H3;7-8,39H,9H2,1-6H3;3-4,33H,5H2,1-2H3. The summed E-state index contributed by atoms with van der Waals surface area (Å²) in [4.78, 5) is 35.0. The molecule has 0 aromatic heterocycles. The van der Waals surface area contributed by atoms with Gasteiger partial charge in [-0.15, -0.1) is 0 Å². The molecule has 3 aromatic carbocycles. The Hall–Kier alpha value is -7.96. The summed E-state index contributed by atoms with van der Waals surface area (Å²) in [6.45, 7) is 15.2. The fourth-order valence-electron chi connectivity index (χ4n) is 9.67. The van der Waals surface area contributed by atoms with E-state index >= 15 is 0 Å². The van der Waals surface area contributed by atoms with Gasteiger partial charge in [0.05, 0.1) is 0 Å². The highest BCUT2D eigenvalue weighted by Crippen LogP contribution is 2.68. The van der Waals surface area contributed by atoms with Crippen molar-refractivity contribution in [1.29, 1.82) is 0 Å². The number of phenolic OH excluding ortho intramolecular Hbond substituents is 3. The molecule has 3 N–H and O–H groups in total. The van der Waals surface area contributed by atoms with Crippen LogP contribution in [0.25, 0.3) is 0 Å². The Kier molecular flexibility index (Phi) is 31.1. The molecule has 0 saturated carbocycles. The summed E-state index contributed by atoms with van der Waals surface area (Å²) < 4.78 is 664. The molecular weight excluding hydrogens is 1880 g/mol. The van der Waals surface area contributed by atoms with E-state index in [1.54, 1.807) is 83.1 Å². The number of carbonyl (C=O) groups excluding carboxylic acids is 3. The Morgan fingerprint density at radius 2 is 0.448 bits per heavy atom. The number of esters is 3. The molecule has 125 heavy (non-hydrogen) atoms. The molecule has 0 amide bonds. The van der Waals surface area contributed by atoms with Crippen molar-refractivity contribution in [2.24, 2.45) is 0 Å². The van der Waals surface area contributed by atoms with Crippen LogP contribution in [0.3, 0.4) is 0 Å². The maximum atomic E-state index is 14.1. The number of rotatable bonds is 28. The molecule has 0 spiro atoms. The van der Waals surface area contributed by atoms with E-state index in [2.05, 4.69) is 14.2 Å². The first-order chi connectivity index (χ1) is 54.0. The highest BCUT2D eigenvalue weighted by molar-refractivity contribution is 5.80. The van der Waals surface area contributed by atoms with Crippen molar-refractivity contribution in [3.05, 3.63) is 86.5 Å². The molecule has 0 saturated heterocycles. The Bertz CT molecular complexity index is 4230. The SMILES string of the molecule is CC(C)(C)c1cc(CCC(=O)OCC(F)(F)C(F)(F)C(F)(F)C(F)(F)C(F)(F)C(F)(F)C(F)(F)C(F)(F)C(F)(F)F)cc(C(C)(C)C)c1O.CC(C)(C)c1cc(COC(=O)C(F)(F)C(F)(F)C(F)(F)C(F)(F)C(F)(F)C(F)(F)C(F)(F)F)cc(C(C)(C)C)c1O.Cc1cc(COC(=O)C(F)(F)C(F)(F)C(F)(F)C(F)(F)C(F)(F)C(F)(F)C(F)(F)F)cc(C)c1O. The number of hydrogen-bond donors (Lipinski definition) is 3. The zero-order valence-corrected chi connectivity index (χ0v) is 64.3. The number of phenols is 3. The van der Waals surface area contributed by atoms with E-state index in [0.29, 0.717) is 11.1 Å². The summed E-state index contributed by atoms with van der Waals surface area (Å²) in [6.07, 6.45) is -25.0. The summed E-state index contributed by atoms with van der Waals surface area (Å²) >= 11 is 0. The Balaban J connectivity index is 0.000000951. The van der Waals surface area contributed by atoms with Crippen molar-refractivity contribution in [2.75, 3.05) is 6.61 Å². The average molecular weight is 1940 g/mol. The zero-order valence-electron chi connectivity index (χ0n) is 64.3. The molecule has 0 heterocycles. The van der Waals surface area contributed by atoms with Gasteiger partial charge in [-0.05, 0) is 116 Å². The Morgan fingerprint density at radius 3 is 0.664 bits per heavy atom. The highest BCUT2D eigenvalue weighted by Gasteiger charge is 2.99. The van der Waals surface area contributed by atoms with Crippen LogP contribution in [0.15, 0.2) is 36.4 Å². The molecule has 3 aromatic rings. The zero-order chi connectivity index (χ0) is 101. The van der Waals surface area contributed by atoms with E-state index in [9.17, 15) is 245 Å². The van der Waals surface area contributed by atoms with Crippen LogP contribution in [-0.2, 0) is 69.9 Å². The van der Waals surface area contributed by atoms with E-state index in [1.165, 1.54) is 26.0 Å². The van der Waals surface area contributed by atoms with Gasteiger partial charge in [-0.2, -0.15) is 215 Å². The maximum absolute atomic E-state index is 14.1. The van der Waals surface area contributed by atoms with E-state index < -0.39 is 209 Å². The van der Waals surface area contributed by atoms with Crippen LogP contribution in [-0.4, -0.2) is 177 Å². The number of benzene rings is 3. The fourth-order valence-corrected chi connectivity index (χ4v) is 9.67. The summed E-state index contributed by atoms with van der Waals surface area (Å²) in [7, 11) is 0. The lowest BCUT2D eigenvalue weighted by atomic mass is 9.78. The van der Waals surface area contributed by atoms with Gasteiger partial charge in [-0.1, -0.05) is 95.2 Å². The Morgan fingerprint density at radius 1 is 0.256 bits per heavy atom. The molecule has 0 fully saturated rings. The van der Waals surface area contributed by atoms with E-state index in [1.807, 2.05) is 0 Å². The van der Waals surface area contributed by atoms with Crippen LogP contribution in [0.2, 0.25) is 0 Å². The lowest BCUT2D eigenvalue weighted by Gasteiger charge is -2.43. The van der Waals surface area contributed by atoms with Gasteiger partial charge >= 0.3 is 155 Å². The van der Waals surface area contributed by atoms with E-state index in [-0.39, 0.29) is 56.2 Å². The average Bonchev–Trinajstić information content (AvgIpc) is 0.692. The second-order valence-corrected chi connectivity index (χ2v) is 31.1. The smallest absolute Gasteiger partial charge is 0.460 e. The molecule has 0 aliphatic carbocycles. The second-order valence-electron chi connectivity index (χ2n) is 31.1. The van der Waals surface area contributed by atoms with Crippen LogP contribution in [0, 0.1) is 13.8 Å². The first kappa shape index (κ1) is 115. The van der Waals surface area contributed by atoms with Gasteiger partial charge < -0.3 is 29.5 Å². The molecule has 0 radical (unpaired) electrons. The number of carbonyl (C=O) groups is 3. The second kappa shape index (κ2) is 33.8. The number of aryl methyl sites for hydroxylation is 3. The molecule has 0 aliphatic rings. The molecule has 0 unspecified atom stereocenters. The number of hydrogen-bond acceptors (Lipinski definition) is 9. The monoisotopic (exact) mass is 1940 g/mol. The quantitative estimate of drug-likeness (QED) is 0.0368. The largest absolute Gasteiger partial charge is 0.507 e. The summed E-state index contributed by atoms with van der Waals surface area (Å²) in [6, 6.07) is 6.47. The third kappa shape index (κ3) is 19.7. The van der Waals surface area contributed by atoms with Crippen LogP contribution in [0.4, 0.5) is 215 Å². The molecular formula is C67H61F49O9. The topological polar surface area (TPSA) is 140 Å². The van der Waals surface area contributed by atoms with Gasteiger partial charge in [0.25, 0.3) is 0 Å². The maximum Gasteiger partial charge on any atom is 0.460 e. The minimum absolute atomic E-state index is 0.00728. The molecule has 9 nitrogen and oxygen atoms in total. The lowest BCUT2D eigenvalue weighted by molar-refractivity contribution is -0.469. The van der Waals surface area contributed by atoms with Crippen molar-refractivity contribution in [1.82, 2.24) is 0 Å². The molecule has 0 bridgehead atoms. The van der Waals surface area contributed by atoms with E-state index in [0.717, 1.165) is 24.3 Å². The lowest BCUT2D eigenvalue weighted by Crippen LogP contribution is -2.76. The first-order valence-corrected chi connectivity index (χ1v) is 32.8. The minimum atomic E-state index is -9.03. The van der Waals surface area contributed by atoms with Gasteiger partial charge in [-0.25, -0.2) is 9.59 Å². The van der Waals surface area contributed by atoms with Crippen LogP contribution < -0.4 is 0 Å². The molecule has 0 atom stereocenters. The van der Waals surface area contributed by atoms with Crippen molar-refractivity contribution >= 4 is 17.9 Å². The number of ether oxygens (including phenoxy) is 3. The number of halogens is 49. The third-order valence-electron chi connectivity index (χ3n) is 17.2. The van der Waals surface area contributed by atoms with E-state index in [4.69, 9.17) is 0 Å². The van der Waals surface area contributed by atoms with Gasteiger partial charge in [0.2, 0.25) is 0 Å². The van der Waals surface area contributed by atoms with Crippen LogP contribution in [0.1, 0.15) is 140 Å². The van der Waals surface area contributed by atoms with Crippen molar-refractivity contribution in [3.8, 4) is 17.2 Å². The predicted molar refractivity (Wildman–Crippen MR) is 325 cm³/mol. The third-order valence-corrected chi connectivity index (χ3v) is 17.2. The first-order valence-electron chi connectivity index (χ1n) is 32.8.